The van der Waals surface area contributed by atoms with Crippen molar-refractivity contribution in [1.29, 1.82) is 0 Å². The molecule has 6 heteroatoms. The highest BCUT2D eigenvalue weighted by atomic mass is 16.6. The number of hydrogen-bond donors (Lipinski definition) is 0. The first-order valence-electron chi connectivity index (χ1n) is 6.15. The molecule has 19 heavy (non-hydrogen) atoms. The van der Waals surface area contributed by atoms with Crippen molar-refractivity contribution < 1.29 is 14.5 Å². The van der Waals surface area contributed by atoms with Gasteiger partial charge in [-0.25, -0.2) is 0 Å². The molecule has 0 aromatic heterocycles. The van der Waals surface area contributed by atoms with Gasteiger partial charge in [0.25, 0.3) is 11.6 Å². The number of rotatable bonds is 7. The minimum atomic E-state index is -0.498. The monoisotopic (exact) mass is 266 g/mol. The van der Waals surface area contributed by atoms with Gasteiger partial charge in [-0.05, 0) is 12.5 Å². The molecule has 6 nitrogen and oxygen atoms in total. The van der Waals surface area contributed by atoms with E-state index in [1.54, 1.807) is 18.0 Å². The minimum Gasteiger partial charge on any atom is -0.484 e. The van der Waals surface area contributed by atoms with Gasteiger partial charge in [0.2, 0.25) is 0 Å². The number of carbonyl (C=O) groups excluding carboxylic acids is 1. The van der Waals surface area contributed by atoms with E-state index in [0.717, 1.165) is 12.8 Å². The first kappa shape index (κ1) is 14.9. The maximum Gasteiger partial charge on any atom is 0.273 e. The summed E-state index contributed by atoms with van der Waals surface area (Å²) in [6.07, 6.45) is 1.96. The zero-order valence-electron chi connectivity index (χ0n) is 11.2. The van der Waals surface area contributed by atoms with Crippen LogP contribution in [0.3, 0.4) is 0 Å². The van der Waals surface area contributed by atoms with Crippen LogP contribution in [0.1, 0.15) is 19.8 Å². The van der Waals surface area contributed by atoms with Crippen LogP contribution in [0.5, 0.6) is 5.75 Å². The van der Waals surface area contributed by atoms with Crippen molar-refractivity contribution in [2.75, 3.05) is 20.2 Å². The number of non-ortho nitro benzene ring substituents is 1. The Hall–Kier alpha value is -2.11. The third kappa shape index (κ3) is 4.95. The van der Waals surface area contributed by atoms with Crippen molar-refractivity contribution in [3.63, 3.8) is 0 Å². The Morgan fingerprint density at radius 2 is 2.21 bits per heavy atom. The lowest BCUT2D eigenvalue weighted by molar-refractivity contribution is -0.384. The number of ether oxygens (including phenoxy) is 1. The molecule has 0 aliphatic heterocycles. The van der Waals surface area contributed by atoms with Crippen LogP contribution < -0.4 is 4.74 Å². The number of benzene rings is 1. The third-order valence-electron chi connectivity index (χ3n) is 2.66. The summed E-state index contributed by atoms with van der Waals surface area (Å²) in [4.78, 5) is 23.4. The molecule has 1 aromatic rings. The van der Waals surface area contributed by atoms with Crippen LogP contribution in [0.25, 0.3) is 0 Å². The Morgan fingerprint density at radius 1 is 1.47 bits per heavy atom. The highest BCUT2D eigenvalue weighted by Crippen LogP contribution is 2.18. The van der Waals surface area contributed by atoms with E-state index in [0.29, 0.717) is 12.3 Å². The molecule has 0 atom stereocenters. The number of amides is 1. The zero-order valence-corrected chi connectivity index (χ0v) is 11.2. The molecule has 0 aliphatic carbocycles. The third-order valence-corrected chi connectivity index (χ3v) is 2.66. The van der Waals surface area contributed by atoms with E-state index in [1.165, 1.54) is 18.2 Å². The van der Waals surface area contributed by atoms with Crippen molar-refractivity contribution in [3.8, 4) is 5.75 Å². The van der Waals surface area contributed by atoms with Crippen LogP contribution in [0.2, 0.25) is 0 Å². The Bertz CT molecular complexity index is 448. The van der Waals surface area contributed by atoms with Crippen molar-refractivity contribution in [2.45, 2.75) is 19.8 Å². The number of nitrogens with zero attached hydrogens (tertiary/aromatic N) is 2. The molecule has 0 aliphatic rings. The first-order valence-corrected chi connectivity index (χ1v) is 6.15. The van der Waals surface area contributed by atoms with Crippen molar-refractivity contribution in [2.24, 2.45) is 0 Å². The zero-order chi connectivity index (χ0) is 14.3. The van der Waals surface area contributed by atoms with Gasteiger partial charge in [0, 0.05) is 19.7 Å². The summed E-state index contributed by atoms with van der Waals surface area (Å²) in [5, 5.41) is 10.6. The highest BCUT2D eigenvalue weighted by molar-refractivity contribution is 5.77. The molecule has 0 unspecified atom stereocenters. The molecular weight excluding hydrogens is 248 g/mol. The summed E-state index contributed by atoms with van der Waals surface area (Å²) in [6.45, 7) is 2.63. The summed E-state index contributed by atoms with van der Waals surface area (Å²) in [5.41, 5.74) is -0.0516. The quantitative estimate of drug-likeness (QED) is 0.560. The first-order chi connectivity index (χ1) is 9.04. The average molecular weight is 266 g/mol. The minimum absolute atomic E-state index is 0.0516. The van der Waals surface area contributed by atoms with Gasteiger partial charge in [0.05, 0.1) is 11.0 Å². The summed E-state index contributed by atoms with van der Waals surface area (Å²) in [6, 6.07) is 5.80. The maximum absolute atomic E-state index is 11.7. The van der Waals surface area contributed by atoms with Crippen LogP contribution in [0.4, 0.5) is 5.69 Å². The van der Waals surface area contributed by atoms with Gasteiger partial charge < -0.3 is 9.64 Å². The standard InChI is InChI=1S/C13H18N2O4/c1-3-4-8-14(2)13(16)10-19-12-7-5-6-11(9-12)15(17)18/h5-7,9H,3-4,8,10H2,1-2H3. The summed E-state index contributed by atoms with van der Waals surface area (Å²) >= 11 is 0. The van der Waals surface area contributed by atoms with E-state index in [2.05, 4.69) is 6.92 Å². The molecule has 1 rings (SSSR count). The highest BCUT2D eigenvalue weighted by Gasteiger charge is 2.11. The molecule has 104 valence electrons. The van der Waals surface area contributed by atoms with Gasteiger partial charge in [-0.3, -0.25) is 14.9 Å². The Kier molecular flexibility index (Phi) is 5.78. The Morgan fingerprint density at radius 3 is 2.84 bits per heavy atom. The molecule has 0 radical (unpaired) electrons. The van der Waals surface area contributed by atoms with Crippen LogP contribution >= 0.6 is 0 Å². The lowest BCUT2D eigenvalue weighted by Gasteiger charge is -2.16. The maximum atomic E-state index is 11.7. The largest absolute Gasteiger partial charge is 0.484 e. The van der Waals surface area contributed by atoms with Crippen LogP contribution in [0, 0.1) is 10.1 Å². The smallest absolute Gasteiger partial charge is 0.273 e. The molecule has 1 amide bonds. The van der Waals surface area contributed by atoms with Crippen LogP contribution in [-0.4, -0.2) is 35.9 Å². The molecule has 0 N–H and O–H groups in total. The van der Waals surface area contributed by atoms with Crippen LogP contribution in [0.15, 0.2) is 24.3 Å². The molecule has 0 fully saturated rings. The predicted octanol–water partition coefficient (Wildman–Crippen LogP) is 2.23. The normalized spacial score (nSPS) is 10.0. The van der Waals surface area contributed by atoms with Crippen molar-refractivity contribution in [3.05, 3.63) is 34.4 Å². The lowest BCUT2D eigenvalue weighted by Crippen LogP contribution is -2.32. The number of hydrogen-bond acceptors (Lipinski definition) is 4. The van der Waals surface area contributed by atoms with E-state index in [1.807, 2.05) is 0 Å². The van der Waals surface area contributed by atoms with E-state index >= 15 is 0 Å². The number of unbranched alkanes of at least 4 members (excludes halogenated alkanes) is 1. The van der Waals surface area contributed by atoms with Crippen LogP contribution in [-0.2, 0) is 4.79 Å². The van der Waals surface area contributed by atoms with E-state index in [-0.39, 0.29) is 18.2 Å². The fourth-order valence-corrected chi connectivity index (χ4v) is 1.46. The molecule has 1 aromatic carbocycles. The molecular formula is C13H18N2O4. The van der Waals surface area contributed by atoms with E-state index in [9.17, 15) is 14.9 Å². The number of nitro groups is 1. The summed E-state index contributed by atoms with van der Waals surface area (Å²) in [5.74, 6) is 0.186. The predicted molar refractivity (Wildman–Crippen MR) is 71.1 cm³/mol. The molecule has 0 bridgehead atoms. The van der Waals surface area contributed by atoms with Gasteiger partial charge in [0.1, 0.15) is 5.75 Å². The molecule has 0 spiro atoms. The summed E-state index contributed by atoms with van der Waals surface area (Å²) in [7, 11) is 1.72. The molecule has 0 saturated heterocycles. The second kappa shape index (κ2) is 7.35. The fraction of sp³-hybridized carbons (Fsp3) is 0.462. The van der Waals surface area contributed by atoms with Gasteiger partial charge in [-0.2, -0.15) is 0 Å². The van der Waals surface area contributed by atoms with Gasteiger partial charge in [0.15, 0.2) is 6.61 Å². The van der Waals surface area contributed by atoms with Crippen molar-refractivity contribution in [1.82, 2.24) is 4.90 Å². The van der Waals surface area contributed by atoms with Gasteiger partial charge in [-0.15, -0.1) is 0 Å². The molecule has 0 saturated carbocycles. The Labute approximate surface area is 112 Å². The topological polar surface area (TPSA) is 72.7 Å². The van der Waals surface area contributed by atoms with Gasteiger partial charge in [-0.1, -0.05) is 19.4 Å². The lowest BCUT2D eigenvalue weighted by atomic mass is 10.3. The fourth-order valence-electron chi connectivity index (χ4n) is 1.46. The number of nitro benzene ring substituents is 1. The summed E-state index contributed by atoms with van der Waals surface area (Å²) < 4.78 is 5.26. The average Bonchev–Trinajstić information content (AvgIpc) is 2.42. The Balaban J connectivity index is 2.50. The SMILES string of the molecule is CCCCN(C)C(=O)COc1cccc([N+](=O)[O-])c1. The van der Waals surface area contributed by atoms with E-state index in [4.69, 9.17) is 4.74 Å². The molecule has 0 heterocycles. The van der Waals surface area contributed by atoms with Crippen molar-refractivity contribution >= 4 is 11.6 Å². The number of likely N-dealkylation sites (N-methyl/N-ethyl adjacent to an activating group) is 1. The second-order valence-electron chi connectivity index (χ2n) is 4.21. The van der Waals surface area contributed by atoms with E-state index < -0.39 is 4.92 Å². The van der Waals surface area contributed by atoms with Gasteiger partial charge >= 0.3 is 0 Å². The second-order valence-corrected chi connectivity index (χ2v) is 4.21. The number of carbonyl (C=O) groups is 1.